The average Bonchev–Trinajstić information content (AvgIpc) is 2.97. The van der Waals surface area contributed by atoms with Gasteiger partial charge in [-0.3, -0.25) is 4.79 Å². The number of carbonyl (C=O) groups is 1. The highest BCUT2D eigenvalue weighted by molar-refractivity contribution is 6.36. The molecular weight excluding hydrogens is 331 g/mol. The predicted molar refractivity (Wildman–Crippen MR) is 96.6 cm³/mol. The van der Waals surface area contributed by atoms with Gasteiger partial charge >= 0.3 is 0 Å². The molecule has 0 heterocycles. The topological polar surface area (TPSA) is 41.1 Å². The van der Waals surface area contributed by atoms with Crippen molar-refractivity contribution in [3.8, 4) is 0 Å². The van der Waals surface area contributed by atoms with Gasteiger partial charge in [-0.1, -0.05) is 29.3 Å². The fraction of sp³-hybridized carbons (Fsp3) is 0.278. The summed E-state index contributed by atoms with van der Waals surface area (Å²) < 4.78 is 0. The molecule has 1 amide bonds. The second kappa shape index (κ2) is 6.81. The van der Waals surface area contributed by atoms with Crippen LogP contribution in [0.15, 0.2) is 36.4 Å². The van der Waals surface area contributed by atoms with Crippen LogP contribution in [0.5, 0.6) is 0 Å². The van der Waals surface area contributed by atoms with Crippen LogP contribution in [0.1, 0.15) is 24.5 Å². The predicted octanol–water partition coefficient (Wildman–Crippen LogP) is 4.92. The number of amides is 1. The Balaban J connectivity index is 1.65. The molecule has 0 bridgehead atoms. The van der Waals surface area contributed by atoms with Crippen LogP contribution in [-0.4, -0.2) is 11.9 Å². The summed E-state index contributed by atoms with van der Waals surface area (Å²) in [6.07, 6.45) is 3.48. The molecule has 0 unspecified atom stereocenters. The summed E-state index contributed by atoms with van der Waals surface area (Å²) in [6, 6.07) is 10.9. The van der Waals surface area contributed by atoms with Gasteiger partial charge in [0.15, 0.2) is 0 Å². The Morgan fingerprint density at radius 2 is 1.87 bits per heavy atom. The van der Waals surface area contributed by atoms with E-state index < -0.39 is 0 Å². The second-order valence-electron chi connectivity index (χ2n) is 5.82. The number of anilines is 2. The Morgan fingerprint density at radius 3 is 2.65 bits per heavy atom. The summed E-state index contributed by atoms with van der Waals surface area (Å²) in [7, 11) is 0. The van der Waals surface area contributed by atoms with Gasteiger partial charge in [0.1, 0.15) is 6.04 Å². The van der Waals surface area contributed by atoms with Crippen LogP contribution >= 0.6 is 23.2 Å². The first-order chi connectivity index (χ1) is 11.0. The SMILES string of the molecule is C[C@@H](Nc1ccc2c(c1)CCC2)C(=O)Nc1ccc(Cl)cc1Cl. The number of carbonyl (C=O) groups excluding carboxylic acids is 1. The lowest BCUT2D eigenvalue weighted by molar-refractivity contribution is -0.116. The Morgan fingerprint density at radius 1 is 1.09 bits per heavy atom. The van der Waals surface area contributed by atoms with E-state index >= 15 is 0 Å². The summed E-state index contributed by atoms with van der Waals surface area (Å²) in [5.41, 5.74) is 4.32. The molecule has 0 saturated heterocycles. The van der Waals surface area contributed by atoms with E-state index in [1.807, 2.05) is 13.0 Å². The maximum atomic E-state index is 12.3. The minimum Gasteiger partial charge on any atom is -0.374 e. The molecule has 5 heteroatoms. The molecule has 0 fully saturated rings. The fourth-order valence-electron chi connectivity index (χ4n) is 2.81. The van der Waals surface area contributed by atoms with Crippen molar-refractivity contribution < 1.29 is 4.79 Å². The fourth-order valence-corrected chi connectivity index (χ4v) is 3.26. The summed E-state index contributed by atoms with van der Waals surface area (Å²) in [6.45, 7) is 1.83. The number of fused-ring (bicyclic) bond motifs is 1. The molecule has 1 aliphatic rings. The van der Waals surface area contributed by atoms with Gasteiger partial charge in [-0.2, -0.15) is 0 Å². The highest BCUT2D eigenvalue weighted by atomic mass is 35.5. The molecule has 3 nitrogen and oxygen atoms in total. The molecule has 3 rings (SSSR count). The highest BCUT2D eigenvalue weighted by Gasteiger charge is 2.16. The lowest BCUT2D eigenvalue weighted by atomic mass is 10.1. The minimum atomic E-state index is -0.374. The van der Waals surface area contributed by atoms with Crippen molar-refractivity contribution in [2.24, 2.45) is 0 Å². The van der Waals surface area contributed by atoms with Crippen LogP contribution in [0.4, 0.5) is 11.4 Å². The van der Waals surface area contributed by atoms with Gasteiger partial charge in [-0.05, 0) is 67.6 Å². The van der Waals surface area contributed by atoms with Crippen LogP contribution in [0.25, 0.3) is 0 Å². The average molecular weight is 349 g/mol. The summed E-state index contributed by atoms with van der Waals surface area (Å²) >= 11 is 11.9. The van der Waals surface area contributed by atoms with Crippen molar-refractivity contribution in [3.63, 3.8) is 0 Å². The number of hydrogen-bond donors (Lipinski definition) is 2. The number of benzene rings is 2. The number of hydrogen-bond acceptors (Lipinski definition) is 2. The van der Waals surface area contributed by atoms with Gasteiger partial charge in [0.2, 0.25) is 5.91 Å². The number of aryl methyl sites for hydroxylation is 2. The second-order valence-corrected chi connectivity index (χ2v) is 6.66. The Labute approximate surface area is 146 Å². The van der Waals surface area contributed by atoms with Gasteiger partial charge in [0.05, 0.1) is 10.7 Å². The van der Waals surface area contributed by atoms with Crippen molar-refractivity contribution >= 4 is 40.5 Å². The molecule has 2 aromatic carbocycles. The monoisotopic (exact) mass is 348 g/mol. The number of rotatable bonds is 4. The zero-order valence-corrected chi connectivity index (χ0v) is 14.3. The molecule has 0 spiro atoms. The lowest BCUT2D eigenvalue weighted by Gasteiger charge is -2.16. The quantitative estimate of drug-likeness (QED) is 0.823. The van der Waals surface area contributed by atoms with Crippen molar-refractivity contribution in [1.29, 1.82) is 0 Å². The Kier molecular flexibility index (Phi) is 4.79. The third kappa shape index (κ3) is 3.80. The number of nitrogens with one attached hydrogen (secondary N) is 2. The zero-order valence-electron chi connectivity index (χ0n) is 12.8. The maximum absolute atomic E-state index is 12.3. The molecule has 0 aromatic heterocycles. The van der Waals surface area contributed by atoms with E-state index in [0.29, 0.717) is 15.7 Å². The minimum absolute atomic E-state index is 0.144. The summed E-state index contributed by atoms with van der Waals surface area (Å²) in [4.78, 5) is 12.3. The van der Waals surface area contributed by atoms with Crippen LogP contribution in [-0.2, 0) is 17.6 Å². The molecule has 0 saturated carbocycles. The molecule has 120 valence electrons. The van der Waals surface area contributed by atoms with E-state index in [9.17, 15) is 4.79 Å². The zero-order chi connectivity index (χ0) is 16.4. The highest BCUT2D eigenvalue weighted by Crippen LogP contribution is 2.27. The third-order valence-corrected chi connectivity index (χ3v) is 4.61. The van der Waals surface area contributed by atoms with Gasteiger partial charge < -0.3 is 10.6 Å². The Hall–Kier alpha value is -1.71. The summed E-state index contributed by atoms with van der Waals surface area (Å²) in [5, 5.41) is 7.02. The van der Waals surface area contributed by atoms with E-state index in [4.69, 9.17) is 23.2 Å². The summed E-state index contributed by atoms with van der Waals surface area (Å²) in [5.74, 6) is -0.144. The smallest absolute Gasteiger partial charge is 0.246 e. The number of halogens is 2. The van der Waals surface area contributed by atoms with Crippen molar-refractivity contribution in [3.05, 3.63) is 57.6 Å². The van der Waals surface area contributed by atoms with E-state index in [-0.39, 0.29) is 11.9 Å². The van der Waals surface area contributed by atoms with Crippen molar-refractivity contribution in [1.82, 2.24) is 0 Å². The first kappa shape index (κ1) is 16.2. The molecule has 0 radical (unpaired) electrons. The van der Waals surface area contributed by atoms with E-state index in [2.05, 4.69) is 22.8 Å². The lowest BCUT2D eigenvalue weighted by Crippen LogP contribution is -2.32. The maximum Gasteiger partial charge on any atom is 0.246 e. The normalized spacial score (nSPS) is 14.2. The Bertz CT molecular complexity index is 746. The van der Waals surface area contributed by atoms with Gasteiger partial charge in [-0.15, -0.1) is 0 Å². The van der Waals surface area contributed by atoms with Gasteiger partial charge in [0.25, 0.3) is 0 Å². The molecule has 2 aromatic rings. The molecule has 23 heavy (non-hydrogen) atoms. The van der Waals surface area contributed by atoms with Crippen LogP contribution in [0.3, 0.4) is 0 Å². The molecule has 1 atom stereocenters. The van der Waals surface area contributed by atoms with Crippen LogP contribution in [0, 0.1) is 0 Å². The molecule has 1 aliphatic carbocycles. The third-order valence-electron chi connectivity index (χ3n) is 4.06. The molecule has 0 aliphatic heterocycles. The van der Waals surface area contributed by atoms with E-state index in [0.717, 1.165) is 18.5 Å². The van der Waals surface area contributed by atoms with Crippen LogP contribution < -0.4 is 10.6 Å². The van der Waals surface area contributed by atoms with Crippen LogP contribution in [0.2, 0.25) is 10.0 Å². The van der Waals surface area contributed by atoms with Gasteiger partial charge in [0, 0.05) is 10.7 Å². The molecule has 2 N–H and O–H groups in total. The van der Waals surface area contributed by atoms with E-state index in [1.54, 1.807) is 18.2 Å². The van der Waals surface area contributed by atoms with Crippen molar-refractivity contribution in [2.45, 2.75) is 32.2 Å². The van der Waals surface area contributed by atoms with Gasteiger partial charge in [-0.25, -0.2) is 0 Å². The first-order valence-corrected chi connectivity index (χ1v) is 8.43. The van der Waals surface area contributed by atoms with E-state index in [1.165, 1.54) is 17.5 Å². The van der Waals surface area contributed by atoms with Crippen molar-refractivity contribution in [2.75, 3.05) is 10.6 Å². The molecular formula is C18H18Cl2N2O. The largest absolute Gasteiger partial charge is 0.374 e. The first-order valence-electron chi connectivity index (χ1n) is 7.67. The standard InChI is InChI=1S/C18H18Cl2N2O/c1-11(18(23)22-17-8-6-14(19)10-16(17)20)21-15-7-5-12-3-2-4-13(12)9-15/h5-11,21H,2-4H2,1H3,(H,22,23)/t11-/m1/s1.